The highest BCUT2D eigenvalue weighted by molar-refractivity contribution is 5.99. The smallest absolute Gasteiger partial charge is 0.290 e. The number of carbonyl (C=O) groups excluding carboxylic acids is 1. The zero-order valence-electron chi connectivity index (χ0n) is 21.6. The molecule has 1 aromatic heterocycles. The van der Waals surface area contributed by atoms with E-state index in [-0.39, 0.29) is 17.1 Å². The summed E-state index contributed by atoms with van der Waals surface area (Å²) < 4.78 is 17.4. The van der Waals surface area contributed by atoms with Crippen LogP contribution in [0.3, 0.4) is 0 Å². The van der Waals surface area contributed by atoms with E-state index in [1.165, 1.54) is 19.3 Å². The molecule has 0 radical (unpaired) electrons. The molecular formula is C30H36N2O5. The van der Waals surface area contributed by atoms with Crippen LogP contribution in [0.15, 0.2) is 57.7 Å². The van der Waals surface area contributed by atoms with Crippen LogP contribution in [0.1, 0.15) is 66.8 Å². The maximum atomic E-state index is 13.6. The number of unbranched alkanes of at least 4 members (excludes halogenated alkanes) is 3. The Morgan fingerprint density at radius 2 is 1.70 bits per heavy atom. The quantitative estimate of drug-likeness (QED) is 0.342. The lowest BCUT2D eigenvalue weighted by Gasteiger charge is -2.29. The molecule has 0 N–H and O–H groups in total. The molecular weight excluding hydrogens is 468 g/mol. The molecule has 2 aliphatic rings. The van der Waals surface area contributed by atoms with E-state index in [9.17, 15) is 9.59 Å². The number of nitrogens with zero attached hydrogens (tertiary/aromatic N) is 2. The Morgan fingerprint density at radius 1 is 0.919 bits per heavy atom. The highest BCUT2D eigenvalue weighted by atomic mass is 16.5. The zero-order chi connectivity index (χ0) is 25.6. The molecule has 196 valence electrons. The van der Waals surface area contributed by atoms with E-state index >= 15 is 0 Å². The Hall–Kier alpha value is -3.16. The molecule has 1 unspecified atom stereocenters. The summed E-state index contributed by atoms with van der Waals surface area (Å²) in [7, 11) is 0. The monoisotopic (exact) mass is 504 g/mol. The largest absolute Gasteiger partial charge is 0.494 e. The van der Waals surface area contributed by atoms with Gasteiger partial charge in [-0.25, -0.2) is 0 Å². The lowest BCUT2D eigenvalue weighted by molar-refractivity contribution is 0.0353. The summed E-state index contributed by atoms with van der Waals surface area (Å²) in [4.78, 5) is 31.4. The van der Waals surface area contributed by atoms with Gasteiger partial charge in [-0.2, -0.15) is 0 Å². The molecule has 1 atom stereocenters. The highest BCUT2D eigenvalue weighted by Crippen LogP contribution is 2.38. The van der Waals surface area contributed by atoms with Gasteiger partial charge in [0, 0.05) is 26.2 Å². The van der Waals surface area contributed by atoms with E-state index in [2.05, 4.69) is 11.8 Å². The Balaban J connectivity index is 1.40. The van der Waals surface area contributed by atoms with E-state index in [1.807, 2.05) is 36.4 Å². The number of hydrogen-bond donors (Lipinski definition) is 0. The number of carbonyl (C=O) groups is 1. The summed E-state index contributed by atoms with van der Waals surface area (Å²) in [5, 5.41) is 0.501. The standard InChI is InChI=1S/C30H36N2O5/c1-2-3-4-7-19-36-23-13-11-22(12-14-23)27-26-28(33)24-9-5-6-10-25(24)37-29(26)30(34)32(27)16-8-15-31-17-20-35-21-18-31/h5-6,9-14,27H,2-4,7-8,15-21H2,1H3. The minimum absolute atomic E-state index is 0.137. The van der Waals surface area contributed by atoms with Gasteiger partial charge in [-0.3, -0.25) is 14.5 Å². The van der Waals surface area contributed by atoms with Crippen molar-refractivity contribution in [1.29, 1.82) is 0 Å². The van der Waals surface area contributed by atoms with E-state index < -0.39 is 6.04 Å². The first-order valence-corrected chi connectivity index (χ1v) is 13.6. The summed E-state index contributed by atoms with van der Waals surface area (Å²) in [5.74, 6) is 0.742. The van der Waals surface area contributed by atoms with E-state index in [0.717, 1.165) is 57.0 Å². The van der Waals surface area contributed by atoms with Crippen molar-refractivity contribution in [3.63, 3.8) is 0 Å². The van der Waals surface area contributed by atoms with Gasteiger partial charge in [0.05, 0.1) is 36.8 Å². The van der Waals surface area contributed by atoms with Crippen molar-refractivity contribution in [1.82, 2.24) is 9.80 Å². The Kier molecular flexibility index (Phi) is 8.21. The maximum absolute atomic E-state index is 13.6. The lowest BCUT2D eigenvalue weighted by atomic mass is 9.98. The predicted octanol–water partition coefficient (Wildman–Crippen LogP) is 5.02. The molecule has 3 heterocycles. The zero-order valence-corrected chi connectivity index (χ0v) is 21.6. The van der Waals surface area contributed by atoms with E-state index in [4.69, 9.17) is 13.9 Å². The summed E-state index contributed by atoms with van der Waals surface area (Å²) in [6.45, 7) is 7.60. The number of rotatable bonds is 11. The summed E-state index contributed by atoms with van der Waals surface area (Å²) in [6.07, 6.45) is 5.42. The summed E-state index contributed by atoms with van der Waals surface area (Å²) in [5.41, 5.74) is 1.63. The molecule has 37 heavy (non-hydrogen) atoms. The Morgan fingerprint density at radius 3 is 2.49 bits per heavy atom. The van der Waals surface area contributed by atoms with Gasteiger partial charge in [0.15, 0.2) is 5.43 Å². The molecule has 1 saturated heterocycles. The molecule has 7 heteroatoms. The molecule has 7 nitrogen and oxygen atoms in total. The van der Waals surface area contributed by atoms with Crippen molar-refractivity contribution in [3.05, 3.63) is 75.6 Å². The second-order valence-corrected chi connectivity index (χ2v) is 9.86. The minimum atomic E-state index is -0.480. The van der Waals surface area contributed by atoms with Gasteiger partial charge >= 0.3 is 0 Å². The normalized spacial score (nSPS) is 17.9. The molecule has 2 aromatic carbocycles. The number of benzene rings is 2. The van der Waals surface area contributed by atoms with Crippen molar-refractivity contribution in [2.45, 2.75) is 45.1 Å². The Labute approximate surface area is 218 Å². The molecule has 0 spiro atoms. The Bertz CT molecular complexity index is 1260. The van der Waals surface area contributed by atoms with Gasteiger partial charge in [-0.1, -0.05) is 50.5 Å². The number of morpholine rings is 1. The number of ether oxygens (including phenoxy) is 2. The highest BCUT2D eigenvalue weighted by Gasteiger charge is 2.42. The van der Waals surface area contributed by atoms with Crippen molar-refractivity contribution >= 4 is 16.9 Å². The third-order valence-corrected chi connectivity index (χ3v) is 7.31. The van der Waals surface area contributed by atoms with Crippen LogP contribution in [0.2, 0.25) is 0 Å². The van der Waals surface area contributed by atoms with Gasteiger partial charge in [-0.15, -0.1) is 0 Å². The topological polar surface area (TPSA) is 72.2 Å². The number of fused-ring (bicyclic) bond motifs is 2. The molecule has 0 aliphatic carbocycles. The van der Waals surface area contributed by atoms with Crippen LogP contribution in [0.25, 0.3) is 11.0 Å². The minimum Gasteiger partial charge on any atom is -0.494 e. The third-order valence-electron chi connectivity index (χ3n) is 7.31. The second kappa shape index (κ2) is 11.9. The SMILES string of the molecule is CCCCCCOc1ccc(C2c3c(oc4ccccc4c3=O)C(=O)N2CCCN2CCOCC2)cc1. The molecule has 3 aromatic rings. The summed E-state index contributed by atoms with van der Waals surface area (Å²) >= 11 is 0. The number of para-hydroxylation sites is 1. The van der Waals surface area contributed by atoms with Gasteiger partial charge in [0.2, 0.25) is 5.76 Å². The average Bonchev–Trinajstić information content (AvgIpc) is 3.21. The van der Waals surface area contributed by atoms with E-state index in [0.29, 0.717) is 29.7 Å². The molecule has 1 amide bonds. The first kappa shape index (κ1) is 25.5. The average molecular weight is 505 g/mol. The van der Waals surface area contributed by atoms with Crippen molar-refractivity contribution in [3.8, 4) is 5.75 Å². The fourth-order valence-corrected chi connectivity index (χ4v) is 5.30. The van der Waals surface area contributed by atoms with Crippen molar-refractivity contribution < 1.29 is 18.7 Å². The molecule has 1 fully saturated rings. The lowest BCUT2D eigenvalue weighted by Crippen LogP contribution is -2.38. The predicted molar refractivity (Wildman–Crippen MR) is 143 cm³/mol. The number of amides is 1. The second-order valence-electron chi connectivity index (χ2n) is 9.86. The molecule has 0 bridgehead atoms. The molecule has 2 aliphatic heterocycles. The van der Waals surface area contributed by atoms with E-state index in [1.54, 1.807) is 17.0 Å². The summed E-state index contributed by atoms with van der Waals surface area (Å²) in [6, 6.07) is 14.5. The van der Waals surface area contributed by atoms with Crippen LogP contribution in [-0.2, 0) is 4.74 Å². The fourth-order valence-electron chi connectivity index (χ4n) is 5.30. The van der Waals surface area contributed by atoms with Gasteiger partial charge in [0.25, 0.3) is 5.91 Å². The van der Waals surface area contributed by atoms with Crippen LogP contribution >= 0.6 is 0 Å². The van der Waals surface area contributed by atoms with Gasteiger partial charge in [-0.05, 0) is 42.7 Å². The number of hydrogen-bond acceptors (Lipinski definition) is 6. The van der Waals surface area contributed by atoms with Crippen molar-refractivity contribution in [2.24, 2.45) is 0 Å². The van der Waals surface area contributed by atoms with Crippen LogP contribution in [0.4, 0.5) is 0 Å². The first-order valence-electron chi connectivity index (χ1n) is 13.6. The van der Waals surface area contributed by atoms with Crippen LogP contribution < -0.4 is 10.2 Å². The first-order chi connectivity index (χ1) is 18.2. The molecule has 5 rings (SSSR count). The van der Waals surface area contributed by atoms with Gasteiger partial charge in [0.1, 0.15) is 11.3 Å². The third kappa shape index (κ3) is 5.58. The van der Waals surface area contributed by atoms with Crippen molar-refractivity contribution in [2.75, 3.05) is 46.0 Å². The maximum Gasteiger partial charge on any atom is 0.290 e. The van der Waals surface area contributed by atoms with Gasteiger partial charge < -0.3 is 18.8 Å². The fraction of sp³-hybridized carbons (Fsp3) is 0.467. The van der Waals surface area contributed by atoms with Crippen LogP contribution in [0, 0.1) is 0 Å². The van der Waals surface area contributed by atoms with Crippen LogP contribution in [0.5, 0.6) is 5.75 Å². The molecule has 0 saturated carbocycles. The van der Waals surface area contributed by atoms with Crippen LogP contribution in [-0.4, -0.2) is 61.7 Å².